The van der Waals surface area contributed by atoms with Gasteiger partial charge in [0.1, 0.15) is 0 Å². The van der Waals surface area contributed by atoms with Crippen LogP contribution in [0.1, 0.15) is 124 Å². The van der Waals surface area contributed by atoms with Gasteiger partial charge in [0.2, 0.25) is 0 Å². The molecule has 0 amide bonds. The molecule has 368 valence electrons. The van der Waals surface area contributed by atoms with E-state index in [1.165, 1.54) is 144 Å². The van der Waals surface area contributed by atoms with Gasteiger partial charge in [0.15, 0.2) is 0 Å². The number of rotatable bonds is 3. The molecule has 1 fully saturated rings. The molecule has 8 aromatic carbocycles. The van der Waals surface area contributed by atoms with Crippen LogP contribution in [0.5, 0.6) is 0 Å². The third-order valence-electron chi connectivity index (χ3n) is 18.3. The summed E-state index contributed by atoms with van der Waals surface area (Å²) in [6, 6.07) is 60.2. The van der Waals surface area contributed by atoms with E-state index in [4.69, 9.17) is 0 Å². The van der Waals surface area contributed by atoms with E-state index in [-0.39, 0.29) is 33.9 Å². The van der Waals surface area contributed by atoms with E-state index in [0.717, 1.165) is 6.42 Å². The van der Waals surface area contributed by atoms with Gasteiger partial charge >= 0.3 is 0 Å². The summed E-state index contributed by atoms with van der Waals surface area (Å²) in [5.74, 6) is 0. The lowest BCUT2D eigenvalue weighted by molar-refractivity contribution is 0.195. The number of benzene rings is 8. The number of thiophene rings is 2. The first-order valence-electron chi connectivity index (χ1n) is 27.2. The third-order valence-corrected chi connectivity index (χ3v) is 20.6. The molecule has 0 N–H and O–H groups in total. The fourth-order valence-corrected chi connectivity index (χ4v) is 16.1. The molecule has 6 heteroatoms. The van der Waals surface area contributed by atoms with Gasteiger partial charge in [0, 0.05) is 91.3 Å². The summed E-state index contributed by atoms with van der Waals surface area (Å²) in [5.41, 5.74) is 19.5. The van der Waals surface area contributed by atoms with Gasteiger partial charge in [-0.2, -0.15) is 0 Å². The molecule has 0 bridgehead atoms. The summed E-state index contributed by atoms with van der Waals surface area (Å²) in [6.07, 6.45) is 4.77. The Bertz CT molecular complexity index is 3800. The summed E-state index contributed by atoms with van der Waals surface area (Å²) >= 11 is 3.80. The van der Waals surface area contributed by atoms with Crippen LogP contribution in [0.15, 0.2) is 152 Å². The van der Waals surface area contributed by atoms with E-state index in [9.17, 15) is 0 Å². The van der Waals surface area contributed by atoms with E-state index in [1.807, 2.05) is 22.7 Å². The summed E-state index contributed by atoms with van der Waals surface area (Å²) in [4.78, 5) is 8.20. The van der Waals surface area contributed by atoms with Crippen molar-refractivity contribution in [2.75, 3.05) is 14.7 Å². The Morgan fingerprint density at radius 3 is 1.39 bits per heavy atom. The van der Waals surface area contributed by atoms with Gasteiger partial charge < -0.3 is 14.7 Å². The lowest BCUT2D eigenvalue weighted by Crippen LogP contribution is -2.61. The molecule has 2 aromatic heterocycles. The standard InChI is InChI=1S/C68H66BN3S2/c1-64(2,3)41-24-29-54-51(34-41)67(10)32-16-17-33-68(67,11)72(54)46-39-57-63-58(40-46)71(45-26-31-62-50(38-45)48-19-13-15-21-60(48)74-62)56-36-43(66(7,8)9)23-28-53(56)69(63)52-27-22-42(65(4,5)6)35-55(52)70(57)44-25-30-61-49(37-44)47-18-12-14-20-59(47)73-61/h12-15,18-31,34-40H,16-17,32-33H2,1-11H3. The van der Waals surface area contributed by atoms with Crippen molar-refractivity contribution in [1.29, 1.82) is 0 Å². The molecule has 0 radical (unpaired) electrons. The van der Waals surface area contributed by atoms with Crippen molar-refractivity contribution in [3.8, 4) is 0 Å². The SMILES string of the molecule is CC(C)(C)c1ccc2c(c1)N(c1ccc3sc4ccccc4c3c1)c1cc(N3c4ccc(C(C)(C)C)cc4C4(C)CCCCC34C)cc3c1B2c1ccc(C(C)(C)C)cc1N3c1ccc2sc3ccccc3c2c1. The van der Waals surface area contributed by atoms with E-state index in [0.29, 0.717) is 0 Å². The zero-order valence-electron chi connectivity index (χ0n) is 45.0. The minimum atomic E-state index is -0.152. The van der Waals surface area contributed by atoms with Crippen molar-refractivity contribution in [2.24, 2.45) is 0 Å². The highest BCUT2D eigenvalue weighted by molar-refractivity contribution is 7.26. The van der Waals surface area contributed by atoms with Gasteiger partial charge in [-0.1, -0.05) is 155 Å². The van der Waals surface area contributed by atoms with E-state index >= 15 is 0 Å². The molecule has 3 aliphatic heterocycles. The third kappa shape index (κ3) is 6.56. The summed E-state index contributed by atoms with van der Waals surface area (Å²) < 4.78 is 5.30. The quantitative estimate of drug-likeness (QED) is 0.163. The van der Waals surface area contributed by atoms with Gasteiger partial charge in [-0.15, -0.1) is 22.7 Å². The Balaban J connectivity index is 1.12. The number of hydrogen-bond acceptors (Lipinski definition) is 5. The smallest absolute Gasteiger partial charge is 0.252 e. The van der Waals surface area contributed by atoms with E-state index < -0.39 is 0 Å². The van der Waals surface area contributed by atoms with Crippen molar-refractivity contribution in [3.63, 3.8) is 0 Å². The lowest BCUT2D eigenvalue weighted by atomic mass is 9.33. The minimum Gasteiger partial charge on any atom is -0.334 e. The molecule has 10 aromatic rings. The molecule has 1 aliphatic carbocycles. The molecule has 2 atom stereocenters. The zero-order chi connectivity index (χ0) is 51.0. The molecule has 74 heavy (non-hydrogen) atoms. The van der Waals surface area contributed by atoms with Crippen LogP contribution in [-0.4, -0.2) is 12.3 Å². The van der Waals surface area contributed by atoms with Crippen LogP contribution in [0.4, 0.5) is 45.5 Å². The largest absolute Gasteiger partial charge is 0.334 e. The first-order chi connectivity index (χ1) is 35.3. The van der Waals surface area contributed by atoms with Crippen LogP contribution < -0.4 is 31.1 Å². The zero-order valence-corrected chi connectivity index (χ0v) is 46.6. The first kappa shape index (κ1) is 46.2. The molecule has 2 unspecified atom stereocenters. The molecule has 4 aliphatic rings. The topological polar surface area (TPSA) is 9.72 Å². The highest BCUT2D eigenvalue weighted by atomic mass is 32.1. The maximum Gasteiger partial charge on any atom is 0.252 e. The van der Waals surface area contributed by atoms with Crippen molar-refractivity contribution >= 4 is 132 Å². The molecular formula is C68H66BN3S2. The first-order valence-corrected chi connectivity index (χ1v) is 28.8. The Kier molecular flexibility index (Phi) is 9.75. The second kappa shape index (κ2) is 15.6. The summed E-state index contributed by atoms with van der Waals surface area (Å²) in [5, 5.41) is 5.27. The molecule has 0 spiro atoms. The van der Waals surface area contributed by atoms with Crippen LogP contribution in [0.25, 0.3) is 40.3 Å². The van der Waals surface area contributed by atoms with Gasteiger partial charge in [-0.25, -0.2) is 0 Å². The van der Waals surface area contributed by atoms with Gasteiger partial charge in [0.25, 0.3) is 6.71 Å². The fraction of sp³-hybridized carbons (Fsp3) is 0.294. The average molecular weight is 1000 g/mol. The number of hydrogen-bond donors (Lipinski definition) is 0. The maximum absolute atomic E-state index is 2.84. The molecule has 5 heterocycles. The number of nitrogens with zero attached hydrogens (tertiary/aromatic N) is 3. The van der Waals surface area contributed by atoms with Gasteiger partial charge in [-0.3, -0.25) is 0 Å². The highest BCUT2D eigenvalue weighted by Gasteiger charge is 2.58. The summed E-state index contributed by atoms with van der Waals surface area (Å²) in [6.45, 7) is 26.5. The fourth-order valence-electron chi connectivity index (χ4n) is 13.9. The van der Waals surface area contributed by atoms with Crippen molar-refractivity contribution < 1.29 is 0 Å². The van der Waals surface area contributed by atoms with E-state index in [1.54, 1.807) is 0 Å². The van der Waals surface area contributed by atoms with Gasteiger partial charge in [-0.05, 0) is 154 Å². The lowest BCUT2D eigenvalue weighted by Gasteiger charge is -2.51. The van der Waals surface area contributed by atoms with Crippen LogP contribution in [0.2, 0.25) is 0 Å². The normalized spacial score (nSPS) is 19.3. The van der Waals surface area contributed by atoms with Gasteiger partial charge in [0.05, 0.1) is 5.54 Å². The predicted molar refractivity (Wildman–Crippen MR) is 325 cm³/mol. The second-order valence-electron chi connectivity index (χ2n) is 25.7. The monoisotopic (exact) mass is 999 g/mol. The Labute approximate surface area is 446 Å². The Hall–Kier alpha value is -6.34. The van der Waals surface area contributed by atoms with Crippen LogP contribution >= 0.6 is 22.7 Å². The van der Waals surface area contributed by atoms with Crippen molar-refractivity contribution in [2.45, 2.75) is 129 Å². The van der Waals surface area contributed by atoms with Crippen molar-refractivity contribution in [1.82, 2.24) is 0 Å². The Morgan fingerprint density at radius 1 is 0.419 bits per heavy atom. The predicted octanol–water partition coefficient (Wildman–Crippen LogP) is 18.1. The molecule has 1 saturated carbocycles. The average Bonchev–Trinajstić information content (AvgIpc) is 4.01. The van der Waals surface area contributed by atoms with Crippen LogP contribution in [-0.2, 0) is 21.7 Å². The minimum absolute atomic E-state index is 0.00162. The summed E-state index contributed by atoms with van der Waals surface area (Å²) in [7, 11) is 0. The maximum atomic E-state index is 2.84. The molecule has 0 saturated heterocycles. The van der Waals surface area contributed by atoms with Crippen LogP contribution in [0.3, 0.4) is 0 Å². The van der Waals surface area contributed by atoms with E-state index in [2.05, 4.69) is 243 Å². The van der Waals surface area contributed by atoms with Crippen molar-refractivity contribution in [3.05, 3.63) is 174 Å². The number of anilines is 8. The molecule has 14 rings (SSSR count). The number of fused-ring (bicyclic) bond motifs is 13. The Morgan fingerprint density at radius 2 is 0.878 bits per heavy atom. The molecular weight excluding hydrogens is 934 g/mol. The van der Waals surface area contributed by atoms with Crippen LogP contribution in [0, 0.1) is 0 Å². The second-order valence-corrected chi connectivity index (χ2v) is 27.9. The highest BCUT2D eigenvalue weighted by Crippen LogP contribution is 2.62. The molecule has 3 nitrogen and oxygen atoms in total.